The minimum atomic E-state index is -0.754. The maximum atomic E-state index is 14.3. The Morgan fingerprint density at radius 3 is 2.46 bits per heavy atom. The molecule has 0 spiro atoms. The smallest absolute Gasteiger partial charge is 0.410 e. The van der Waals surface area contributed by atoms with Crippen LogP contribution in [0.1, 0.15) is 20.8 Å². The number of rotatable bonds is 1. The topological polar surface area (TPSA) is 58.6 Å². The zero-order valence-corrected chi connectivity index (χ0v) is 16.3. The van der Waals surface area contributed by atoms with Crippen LogP contribution in [-0.2, 0) is 4.74 Å². The van der Waals surface area contributed by atoms with Gasteiger partial charge in [0, 0.05) is 31.6 Å². The highest BCUT2D eigenvalue weighted by atomic mass is 79.9. The van der Waals surface area contributed by atoms with Crippen LogP contribution >= 0.6 is 15.9 Å². The molecule has 0 aliphatic carbocycles. The van der Waals surface area contributed by atoms with Gasteiger partial charge in [0.1, 0.15) is 29.1 Å². The Hall–Kier alpha value is -2.03. The number of nitrogens with zero attached hydrogens (tertiary/aromatic N) is 4. The van der Waals surface area contributed by atoms with E-state index in [1.54, 1.807) is 4.90 Å². The van der Waals surface area contributed by atoms with Crippen molar-refractivity contribution >= 4 is 38.7 Å². The van der Waals surface area contributed by atoms with Gasteiger partial charge in [0.2, 0.25) is 0 Å². The third-order valence-corrected chi connectivity index (χ3v) is 4.70. The number of aromatic nitrogens is 2. The van der Waals surface area contributed by atoms with E-state index in [0.717, 1.165) is 0 Å². The first-order valence-electron chi connectivity index (χ1n) is 8.18. The van der Waals surface area contributed by atoms with E-state index in [0.29, 0.717) is 37.4 Å². The predicted octanol–water partition coefficient (Wildman–Crippen LogP) is 3.73. The summed E-state index contributed by atoms with van der Waals surface area (Å²) in [4.78, 5) is 23.8. The van der Waals surface area contributed by atoms with E-state index in [-0.39, 0.29) is 16.1 Å². The van der Waals surface area contributed by atoms with E-state index in [2.05, 4.69) is 25.9 Å². The Morgan fingerprint density at radius 1 is 1.19 bits per heavy atom. The van der Waals surface area contributed by atoms with E-state index in [9.17, 15) is 13.6 Å². The zero-order chi connectivity index (χ0) is 19.1. The number of hydrogen-bond donors (Lipinski definition) is 0. The summed E-state index contributed by atoms with van der Waals surface area (Å²) in [5.41, 5.74) is -0.502. The van der Waals surface area contributed by atoms with E-state index in [1.165, 1.54) is 12.4 Å². The van der Waals surface area contributed by atoms with Crippen LogP contribution in [0.25, 0.3) is 10.9 Å². The Kier molecular flexibility index (Phi) is 5.01. The van der Waals surface area contributed by atoms with Crippen LogP contribution in [-0.4, -0.2) is 52.7 Å². The molecule has 0 radical (unpaired) electrons. The van der Waals surface area contributed by atoms with Gasteiger partial charge in [-0.1, -0.05) is 0 Å². The molecule has 9 heteroatoms. The van der Waals surface area contributed by atoms with E-state index in [4.69, 9.17) is 4.74 Å². The second-order valence-electron chi connectivity index (χ2n) is 7.03. The molecule has 1 amide bonds. The molecule has 1 fully saturated rings. The first-order valence-corrected chi connectivity index (χ1v) is 8.98. The van der Waals surface area contributed by atoms with Crippen LogP contribution in [0.4, 0.5) is 19.4 Å². The van der Waals surface area contributed by atoms with Crippen LogP contribution < -0.4 is 4.90 Å². The summed E-state index contributed by atoms with van der Waals surface area (Å²) < 4.78 is 33.3. The largest absolute Gasteiger partial charge is 0.444 e. The number of benzene rings is 1. The van der Waals surface area contributed by atoms with Gasteiger partial charge in [-0.05, 0) is 42.8 Å². The van der Waals surface area contributed by atoms with Crippen molar-refractivity contribution in [3.8, 4) is 0 Å². The molecule has 2 heterocycles. The highest BCUT2D eigenvalue weighted by Crippen LogP contribution is 2.31. The molecule has 0 bridgehead atoms. The molecule has 26 heavy (non-hydrogen) atoms. The van der Waals surface area contributed by atoms with Crippen LogP contribution in [0, 0.1) is 11.6 Å². The summed E-state index contributed by atoms with van der Waals surface area (Å²) in [6.07, 6.45) is 0.886. The minimum absolute atomic E-state index is 0.0536. The molecule has 2 aromatic rings. The first-order chi connectivity index (χ1) is 12.2. The van der Waals surface area contributed by atoms with Gasteiger partial charge in [-0.25, -0.2) is 23.5 Å². The third-order valence-electron chi connectivity index (χ3n) is 3.98. The normalized spacial score (nSPS) is 15.5. The molecule has 1 aromatic carbocycles. The van der Waals surface area contributed by atoms with Crippen molar-refractivity contribution in [3.63, 3.8) is 0 Å². The SMILES string of the molecule is CC(C)(C)OC(=O)N1CCN(c2ncnc3c(F)c(Br)c(F)cc23)CC1. The van der Waals surface area contributed by atoms with Crippen molar-refractivity contribution in [2.24, 2.45) is 0 Å². The van der Waals surface area contributed by atoms with Gasteiger partial charge in [-0.2, -0.15) is 0 Å². The lowest BCUT2D eigenvalue weighted by molar-refractivity contribution is 0.0240. The maximum absolute atomic E-state index is 14.3. The molecular weight excluding hydrogens is 410 g/mol. The predicted molar refractivity (Wildman–Crippen MR) is 97.2 cm³/mol. The van der Waals surface area contributed by atoms with Gasteiger partial charge in [0.05, 0.1) is 4.47 Å². The average molecular weight is 429 g/mol. The standard InChI is InChI=1S/C17H19BrF2N4O2/c1-17(2,3)26-16(25)24-6-4-23(5-7-24)15-10-8-11(19)12(18)13(20)14(10)21-9-22-15/h8-9H,4-7H2,1-3H3. The third kappa shape index (κ3) is 3.72. The summed E-state index contributed by atoms with van der Waals surface area (Å²) in [7, 11) is 0. The van der Waals surface area contributed by atoms with Gasteiger partial charge in [-0.15, -0.1) is 0 Å². The summed E-state index contributed by atoms with van der Waals surface area (Å²) in [6, 6.07) is 1.22. The van der Waals surface area contributed by atoms with Crippen LogP contribution in [0.15, 0.2) is 16.9 Å². The van der Waals surface area contributed by atoms with Crippen LogP contribution in [0.2, 0.25) is 0 Å². The summed E-state index contributed by atoms with van der Waals surface area (Å²) in [6.45, 7) is 7.26. The molecule has 1 saturated heterocycles. The summed E-state index contributed by atoms with van der Waals surface area (Å²) in [5.74, 6) is -1.02. The summed E-state index contributed by atoms with van der Waals surface area (Å²) in [5, 5.41) is 0.302. The molecule has 0 saturated carbocycles. The number of piperazine rings is 1. The van der Waals surface area contributed by atoms with Gasteiger partial charge >= 0.3 is 6.09 Å². The van der Waals surface area contributed by atoms with Crippen LogP contribution in [0.3, 0.4) is 0 Å². The van der Waals surface area contributed by atoms with Gasteiger partial charge in [0.25, 0.3) is 0 Å². The Bertz CT molecular complexity index is 849. The molecule has 0 N–H and O–H groups in total. The lowest BCUT2D eigenvalue weighted by atomic mass is 10.2. The molecule has 0 unspecified atom stereocenters. The minimum Gasteiger partial charge on any atom is -0.444 e. The molecule has 1 aliphatic rings. The van der Waals surface area contributed by atoms with Crippen molar-refractivity contribution in [2.75, 3.05) is 31.1 Å². The fourth-order valence-corrected chi connectivity index (χ4v) is 3.07. The highest BCUT2D eigenvalue weighted by molar-refractivity contribution is 9.10. The maximum Gasteiger partial charge on any atom is 0.410 e. The quantitative estimate of drug-likeness (QED) is 0.647. The van der Waals surface area contributed by atoms with Crippen molar-refractivity contribution in [2.45, 2.75) is 26.4 Å². The molecular formula is C17H19BrF2N4O2. The highest BCUT2D eigenvalue weighted by Gasteiger charge is 2.27. The number of amides is 1. The number of fused-ring (bicyclic) bond motifs is 1. The Labute approximate surface area is 158 Å². The fraction of sp³-hybridized carbons (Fsp3) is 0.471. The Balaban J connectivity index is 1.81. The van der Waals surface area contributed by atoms with E-state index >= 15 is 0 Å². The van der Waals surface area contributed by atoms with Gasteiger partial charge in [-0.3, -0.25) is 0 Å². The number of hydrogen-bond acceptors (Lipinski definition) is 5. The zero-order valence-electron chi connectivity index (χ0n) is 14.7. The van der Waals surface area contributed by atoms with Crippen molar-refractivity contribution < 1.29 is 18.3 Å². The van der Waals surface area contributed by atoms with Crippen molar-refractivity contribution in [1.82, 2.24) is 14.9 Å². The molecule has 1 aromatic heterocycles. The number of halogens is 3. The molecule has 0 atom stereocenters. The molecule has 6 nitrogen and oxygen atoms in total. The number of ether oxygens (including phenoxy) is 1. The lowest BCUT2D eigenvalue weighted by Crippen LogP contribution is -2.50. The number of carbonyl (C=O) groups is 1. The van der Waals surface area contributed by atoms with Crippen molar-refractivity contribution in [1.29, 1.82) is 0 Å². The number of anilines is 1. The van der Waals surface area contributed by atoms with Gasteiger partial charge in [0.15, 0.2) is 5.82 Å². The average Bonchev–Trinajstić information content (AvgIpc) is 2.58. The van der Waals surface area contributed by atoms with E-state index in [1.807, 2.05) is 25.7 Å². The number of carbonyl (C=O) groups excluding carboxylic acids is 1. The Morgan fingerprint density at radius 2 is 1.85 bits per heavy atom. The second-order valence-corrected chi connectivity index (χ2v) is 7.83. The van der Waals surface area contributed by atoms with Gasteiger partial charge < -0.3 is 14.5 Å². The fourth-order valence-electron chi connectivity index (χ4n) is 2.77. The molecule has 1 aliphatic heterocycles. The second kappa shape index (κ2) is 6.94. The monoisotopic (exact) mass is 428 g/mol. The molecule has 3 rings (SSSR count). The van der Waals surface area contributed by atoms with E-state index < -0.39 is 17.2 Å². The lowest BCUT2D eigenvalue weighted by Gasteiger charge is -2.36. The van der Waals surface area contributed by atoms with Crippen LogP contribution in [0.5, 0.6) is 0 Å². The van der Waals surface area contributed by atoms with Crippen molar-refractivity contribution in [3.05, 3.63) is 28.5 Å². The first kappa shape index (κ1) is 18.8. The molecule has 140 valence electrons. The summed E-state index contributed by atoms with van der Waals surface area (Å²) >= 11 is 2.89.